The number of imidazole rings is 1. The van der Waals surface area contributed by atoms with E-state index in [0.29, 0.717) is 6.54 Å². The smallest absolute Gasteiger partial charge is 0.191 e. The van der Waals surface area contributed by atoms with E-state index in [9.17, 15) is 0 Å². The maximum Gasteiger partial charge on any atom is 0.191 e. The lowest BCUT2D eigenvalue weighted by molar-refractivity contribution is 0.0342. The average Bonchev–Trinajstić information content (AvgIpc) is 3.16. The van der Waals surface area contributed by atoms with Crippen LogP contribution in [-0.2, 0) is 24.4 Å². The summed E-state index contributed by atoms with van der Waals surface area (Å²) in [4.78, 5) is 11.9. The molecule has 0 amide bonds. The maximum absolute atomic E-state index is 5.43. The van der Waals surface area contributed by atoms with Crippen LogP contribution in [0.5, 0.6) is 0 Å². The molecule has 1 aliphatic rings. The zero-order valence-electron chi connectivity index (χ0n) is 19.9. The summed E-state index contributed by atoms with van der Waals surface area (Å²) >= 11 is 0. The largest absolute Gasteiger partial charge is 0.379 e. The molecule has 1 aliphatic heterocycles. The van der Waals surface area contributed by atoms with E-state index < -0.39 is 0 Å². The van der Waals surface area contributed by atoms with E-state index in [1.165, 1.54) is 16.6 Å². The van der Waals surface area contributed by atoms with E-state index in [1.807, 2.05) is 6.07 Å². The van der Waals surface area contributed by atoms with Crippen LogP contribution in [0.4, 0.5) is 0 Å². The van der Waals surface area contributed by atoms with E-state index in [0.717, 1.165) is 76.2 Å². The lowest BCUT2D eigenvalue weighted by Gasteiger charge is -2.26. The van der Waals surface area contributed by atoms with Crippen molar-refractivity contribution >= 4 is 17.0 Å². The molecule has 0 bridgehead atoms. The fourth-order valence-corrected chi connectivity index (χ4v) is 4.20. The van der Waals surface area contributed by atoms with Crippen molar-refractivity contribution in [2.75, 3.05) is 39.4 Å². The van der Waals surface area contributed by atoms with Gasteiger partial charge in [0.1, 0.15) is 5.82 Å². The Balaban J connectivity index is 1.26. The first-order valence-electron chi connectivity index (χ1n) is 12.0. The van der Waals surface area contributed by atoms with Crippen LogP contribution in [-0.4, -0.2) is 59.8 Å². The predicted molar refractivity (Wildman–Crippen MR) is 134 cm³/mol. The van der Waals surface area contributed by atoms with Gasteiger partial charge in [-0.05, 0) is 43.5 Å². The van der Waals surface area contributed by atoms with E-state index >= 15 is 0 Å². The molecule has 0 spiro atoms. The van der Waals surface area contributed by atoms with Crippen molar-refractivity contribution in [1.29, 1.82) is 0 Å². The molecule has 3 aromatic rings. The third-order valence-corrected chi connectivity index (χ3v) is 5.99. The van der Waals surface area contributed by atoms with Gasteiger partial charge in [0.25, 0.3) is 0 Å². The molecule has 1 saturated heterocycles. The monoisotopic (exact) mass is 448 g/mol. The van der Waals surface area contributed by atoms with Crippen LogP contribution in [0.15, 0.2) is 53.5 Å². The molecule has 1 aromatic heterocycles. The second-order valence-electron chi connectivity index (χ2n) is 8.48. The van der Waals surface area contributed by atoms with Crippen LogP contribution in [0.25, 0.3) is 11.0 Å². The lowest BCUT2D eigenvalue weighted by Crippen LogP contribution is -2.38. The molecule has 0 radical (unpaired) electrons. The summed E-state index contributed by atoms with van der Waals surface area (Å²) in [5.74, 6) is 1.93. The zero-order valence-corrected chi connectivity index (χ0v) is 19.9. The fraction of sp³-hybridized carbons (Fsp3) is 0.462. The van der Waals surface area contributed by atoms with E-state index in [4.69, 9.17) is 9.73 Å². The van der Waals surface area contributed by atoms with E-state index in [-0.39, 0.29) is 0 Å². The van der Waals surface area contributed by atoms with Crippen molar-refractivity contribution in [1.82, 2.24) is 25.1 Å². The van der Waals surface area contributed by atoms with Crippen LogP contribution in [0.2, 0.25) is 0 Å². The molecular formula is C26H36N6O. The normalized spacial score (nSPS) is 15.2. The molecule has 4 rings (SSSR count). The van der Waals surface area contributed by atoms with Crippen molar-refractivity contribution < 1.29 is 4.74 Å². The second kappa shape index (κ2) is 11.8. The standard InChI is InChI=1S/C26H36N6O/c1-3-27-26(28-13-6-14-32-21(2)30-24-7-4-5-8-25(24)32)29-19-22-9-11-23(12-10-22)20-31-15-17-33-18-16-31/h4-5,7-12H,3,6,13-20H2,1-2H3,(H2,27,28,29). The Bertz CT molecular complexity index is 1040. The number of morpholine rings is 1. The SMILES string of the molecule is CCNC(=NCc1ccc(CN2CCOCC2)cc1)NCCCn1c(C)nc2ccccc21. The van der Waals surface area contributed by atoms with E-state index in [2.05, 4.69) is 81.4 Å². The molecule has 176 valence electrons. The van der Waals surface area contributed by atoms with Crippen LogP contribution in [0.1, 0.15) is 30.3 Å². The second-order valence-corrected chi connectivity index (χ2v) is 8.48. The van der Waals surface area contributed by atoms with Gasteiger partial charge in [0, 0.05) is 39.3 Å². The summed E-state index contributed by atoms with van der Waals surface area (Å²) in [6, 6.07) is 17.1. The highest BCUT2D eigenvalue weighted by Crippen LogP contribution is 2.15. The number of aliphatic imine (C=N–C) groups is 1. The van der Waals surface area contributed by atoms with Gasteiger partial charge < -0.3 is 19.9 Å². The molecule has 33 heavy (non-hydrogen) atoms. The number of ether oxygens (including phenoxy) is 1. The van der Waals surface area contributed by atoms with Gasteiger partial charge in [-0.15, -0.1) is 0 Å². The molecule has 7 nitrogen and oxygen atoms in total. The Morgan fingerprint density at radius 2 is 1.79 bits per heavy atom. The molecular weight excluding hydrogens is 412 g/mol. The molecule has 0 saturated carbocycles. The summed E-state index contributed by atoms with van der Waals surface area (Å²) in [6.45, 7) is 12.2. The minimum absolute atomic E-state index is 0.665. The minimum Gasteiger partial charge on any atom is -0.379 e. The topological polar surface area (TPSA) is 66.7 Å². The number of guanidine groups is 1. The highest BCUT2D eigenvalue weighted by Gasteiger charge is 2.10. The molecule has 0 unspecified atom stereocenters. The summed E-state index contributed by atoms with van der Waals surface area (Å²) in [5.41, 5.74) is 4.83. The number of benzene rings is 2. The highest BCUT2D eigenvalue weighted by molar-refractivity contribution is 5.79. The lowest BCUT2D eigenvalue weighted by atomic mass is 10.1. The number of aryl methyl sites for hydroxylation is 2. The number of hydrogen-bond donors (Lipinski definition) is 2. The fourth-order valence-electron chi connectivity index (χ4n) is 4.20. The third kappa shape index (κ3) is 6.55. The number of hydrogen-bond acceptors (Lipinski definition) is 4. The Labute approximate surface area is 196 Å². The number of aromatic nitrogens is 2. The highest BCUT2D eigenvalue weighted by atomic mass is 16.5. The summed E-state index contributed by atoms with van der Waals surface area (Å²) < 4.78 is 7.73. The van der Waals surface area contributed by atoms with Gasteiger partial charge in [-0.1, -0.05) is 36.4 Å². The van der Waals surface area contributed by atoms with Gasteiger partial charge in [0.2, 0.25) is 0 Å². The first-order valence-corrected chi connectivity index (χ1v) is 12.0. The molecule has 2 N–H and O–H groups in total. The van der Waals surface area contributed by atoms with Crippen molar-refractivity contribution in [2.24, 2.45) is 4.99 Å². The summed E-state index contributed by atoms with van der Waals surface area (Å²) in [5, 5.41) is 6.83. The minimum atomic E-state index is 0.665. The first kappa shape index (κ1) is 23.3. The predicted octanol–water partition coefficient (Wildman–Crippen LogP) is 3.32. The first-order chi connectivity index (χ1) is 16.2. The van der Waals surface area contributed by atoms with Crippen LogP contribution >= 0.6 is 0 Å². The number of nitrogens with zero attached hydrogens (tertiary/aromatic N) is 4. The van der Waals surface area contributed by atoms with Gasteiger partial charge >= 0.3 is 0 Å². The summed E-state index contributed by atoms with van der Waals surface area (Å²) in [7, 11) is 0. The van der Waals surface area contributed by atoms with Crippen LogP contribution in [0.3, 0.4) is 0 Å². The molecule has 7 heteroatoms. The molecule has 0 aliphatic carbocycles. The third-order valence-electron chi connectivity index (χ3n) is 5.99. The van der Waals surface area contributed by atoms with Crippen LogP contribution in [0, 0.1) is 6.92 Å². The van der Waals surface area contributed by atoms with Crippen molar-refractivity contribution in [2.45, 2.75) is 39.9 Å². The van der Waals surface area contributed by atoms with Gasteiger partial charge in [-0.25, -0.2) is 9.98 Å². The Morgan fingerprint density at radius 1 is 1.03 bits per heavy atom. The number of para-hydroxylation sites is 2. The van der Waals surface area contributed by atoms with Crippen molar-refractivity contribution in [3.05, 3.63) is 65.5 Å². The maximum atomic E-state index is 5.43. The van der Waals surface area contributed by atoms with Crippen molar-refractivity contribution in [3.8, 4) is 0 Å². The number of nitrogens with one attached hydrogen (secondary N) is 2. The van der Waals surface area contributed by atoms with E-state index in [1.54, 1.807) is 0 Å². The Morgan fingerprint density at radius 3 is 2.58 bits per heavy atom. The van der Waals surface area contributed by atoms with Gasteiger partial charge in [0.15, 0.2) is 5.96 Å². The molecule has 2 aromatic carbocycles. The van der Waals surface area contributed by atoms with Gasteiger partial charge in [-0.2, -0.15) is 0 Å². The zero-order chi connectivity index (χ0) is 22.9. The van der Waals surface area contributed by atoms with Gasteiger partial charge in [0.05, 0.1) is 30.8 Å². The average molecular weight is 449 g/mol. The number of rotatable bonds is 9. The van der Waals surface area contributed by atoms with Gasteiger partial charge in [-0.3, -0.25) is 4.90 Å². The van der Waals surface area contributed by atoms with Crippen molar-refractivity contribution in [3.63, 3.8) is 0 Å². The molecule has 1 fully saturated rings. The molecule has 2 heterocycles. The Hall–Kier alpha value is -2.90. The Kier molecular flexibility index (Phi) is 8.33. The molecule has 0 atom stereocenters. The quantitative estimate of drug-likeness (QED) is 0.299. The van der Waals surface area contributed by atoms with Crippen LogP contribution < -0.4 is 10.6 Å². The summed E-state index contributed by atoms with van der Waals surface area (Å²) in [6.07, 6.45) is 1.00. The number of fused-ring (bicyclic) bond motifs is 1.